The number of nitrogens with zero attached hydrogens (tertiary/aromatic N) is 1. The first kappa shape index (κ1) is 16.9. The summed E-state index contributed by atoms with van der Waals surface area (Å²) in [5.74, 6) is -1.83. The van der Waals surface area contributed by atoms with E-state index in [1.165, 1.54) is 0 Å². The lowest BCUT2D eigenvalue weighted by Crippen LogP contribution is -2.40. The van der Waals surface area contributed by atoms with Crippen LogP contribution in [0.5, 0.6) is 0 Å². The van der Waals surface area contributed by atoms with Crippen LogP contribution in [-0.4, -0.2) is 27.5 Å². The standard InChI is InChI=1S/C17H18F2N2O2S/c18-13-9-14(19)11-17(10-13)24(22,23)20-12-16-7-4-8-21(16)15-5-2-1-3-6-15/h1-3,5-6,9-11,16,20H,4,7-8,12H2. The molecule has 128 valence electrons. The molecule has 1 atom stereocenters. The first-order chi connectivity index (χ1) is 11.5. The zero-order chi connectivity index (χ0) is 17.2. The molecule has 0 amide bonds. The first-order valence-corrected chi connectivity index (χ1v) is 9.21. The highest BCUT2D eigenvalue weighted by Gasteiger charge is 2.26. The Labute approximate surface area is 140 Å². The van der Waals surface area contributed by atoms with E-state index in [4.69, 9.17) is 0 Å². The summed E-state index contributed by atoms with van der Waals surface area (Å²) in [5.41, 5.74) is 1.04. The maximum atomic E-state index is 13.2. The molecule has 0 aromatic heterocycles. The third-order valence-corrected chi connectivity index (χ3v) is 5.52. The van der Waals surface area contributed by atoms with Crippen molar-refractivity contribution in [3.8, 4) is 0 Å². The number of hydrogen-bond donors (Lipinski definition) is 1. The number of sulfonamides is 1. The minimum absolute atomic E-state index is 0.0144. The minimum Gasteiger partial charge on any atom is -0.367 e. The molecule has 7 heteroatoms. The van der Waals surface area contributed by atoms with E-state index < -0.39 is 26.6 Å². The van der Waals surface area contributed by atoms with E-state index in [-0.39, 0.29) is 12.6 Å². The lowest BCUT2D eigenvalue weighted by molar-refractivity contribution is 0.554. The smallest absolute Gasteiger partial charge is 0.240 e. The Morgan fingerprint density at radius 1 is 1.08 bits per heavy atom. The summed E-state index contributed by atoms with van der Waals surface area (Å²) in [6, 6.07) is 12.0. The summed E-state index contributed by atoms with van der Waals surface area (Å²) < 4.78 is 53.5. The molecule has 1 N–H and O–H groups in total. The zero-order valence-corrected chi connectivity index (χ0v) is 13.8. The fraction of sp³-hybridized carbons (Fsp3) is 0.294. The van der Waals surface area contributed by atoms with Gasteiger partial charge >= 0.3 is 0 Å². The lowest BCUT2D eigenvalue weighted by atomic mass is 10.2. The molecule has 0 bridgehead atoms. The van der Waals surface area contributed by atoms with Gasteiger partial charge in [-0.15, -0.1) is 0 Å². The largest absolute Gasteiger partial charge is 0.367 e. The number of rotatable bonds is 5. The molecule has 0 spiro atoms. The molecule has 2 aromatic carbocycles. The molecule has 24 heavy (non-hydrogen) atoms. The van der Waals surface area contributed by atoms with E-state index in [1.54, 1.807) is 0 Å². The van der Waals surface area contributed by atoms with Gasteiger partial charge in [-0.05, 0) is 37.1 Å². The van der Waals surface area contributed by atoms with Crippen molar-refractivity contribution in [1.29, 1.82) is 0 Å². The molecule has 4 nitrogen and oxygen atoms in total. The second kappa shape index (κ2) is 6.86. The molecule has 1 fully saturated rings. The van der Waals surface area contributed by atoms with Crippen LogP contribution in [0.2, 0.25) is 0 Å². The molecule has 0 saturated carbocycles. The first-order valence-electron chi connectivity index (χ1n) is 7.73. The van der Waals surface area contributed by atoms with Crippen molar-refractivity contribution in [3.63, 3.8) is 0 Å². The summed E-state index contributed by atoms with van der Waals surface area (Å²) in [4.78, 5) is 1.75. The van der Waals surface area contributed by atoms with Crippen molar-refractivity contribution in [1.82, 2.24) is 4.72 Å². The summed E-state index contributed by atoms with van der Waals surface area (Å²) in [6.45, 7) is 1.04. The molecule has 0 aliphatic carbocycles. The molecule has 3 rings (SSSR count). The molecular formula is C17H18F2N2O2S. The normalized spacial score (nSPS) is 18.1. The van der Waals surface area contributed by atoms with Crippen molar-refractivity contribution < 1.29 is 17.2 Å². The van der Waals surface area contributed by atoms with E-state index in [9.17, 15) is 17.2 Å². The molecule has 1 aliphatic rings. The van der Waals surface area contributed by atoms with Gasteiger partial charge in [0.25, 0.3) is 0 Å². The van der Waals surface area contributed by atoms with Gasteiger partial charge in [0.2, 0.25) is 10.0 Å². The van der Waals surface area contributed by atoms with Crippen LogP contribution in [0.1, 0.15) is 12.8 Å². The molecular weight excluding hydrogens is 334 g/mol. The van der Waals surface area contributed by atoms with Crippen LogP contribution in [0.3, 0.4) is 0 Å². The van der Waals surface area contributed by atoms with Crippen LogP contribution < -0.4 is 9.62 Å². The second-order valence-electron chi connectivity index (χ2n) is 5.78. The van der Waals surface area contributed by atoms with Crippen molar-refractivity contribution >= 4 is 15.7 Å². The number of benzene rings is 2. The van der Waals surface area contributed by atoms with Gasteiger partial charge in [0, 0.05) is 30.9 Å². The average Bonchev–Trinajstić information content (AvgIpc) is 3.01. The average molecular weight is 352 g/mol. The van der Waals surface area contributed by atoms with Gasteiger partial charge in [-0.25, -0.2) is 21.9 Å². The molecule has 1 heterocycles. The maximum Gasteiger partial charge on any atom is 0.240 e. The lowest BCUT2D eigenvalue weighted by Gasteiger charge is -2.27. The Hall–Kier alpha value is -1.99. The monoisotopic (exact) mass is 352 g/mol. The summed E-state index contributed by atoms with van der Waals surface area (Å²) in [5, 5.41) is 0. The van der Waals surface area contributed by atoms with Crippen LogP contribution in [-0.2, 0) is 10.0 Å². The van der Waals surface area contributed by atoms with Gasteiger partial charge in [-0.1, -0.05) is 18.2 Å². The second-order valence-corrected chi connectivity index (χ2v) is 7.55. The highest BCUT2D eigenvalue weighted by atomic mass is 32.2. The van der Waals surface area contributed by atoms with Crippen LogP contribution >= 0.6 is 0 Å². The van der Waals surface area contributed by atoms with E-state index in [0.29, 0.717) is 6.07 Å². The molecule has 1 saturated heterocycles. The number of anilines is 1. The summed E-state index contributed by atoms with van der Waals surface area (Å²) in [7, 11) is -3.96. The van der Waals surface area contributed by atoms with Gasteiger partial charge in [-0.3, -0.25) is 0 Å². The predicted molar refractivity (Wildman–Crippen MR) is 88.4 cm³/mol. The van der Waals surface area contributed by atoms with Gasteiger partial charge in [-0.2, -0.15) is 0 Å². The minimum atomic E-state index is -3.96. The Bertz CT molecular complexity index is 792. The number of nitrogens with one attached hydrogen (secondary N) is 1. The van der Waals surface area contributed by atoms with Crippen molar-refractivity contribution in [3.05, 3.63) is 60.2 Å². The zero-order valence-electron chi connectivity index (χ0n) is 13.0. The van der Waals surface area contributed by atoms with Crippen molar-refractivity contribution in [2.45, 2.75) is 23.8 Å². The fourth-order valence-electron chi connectivity index (χ4n) is 2.98. The van der Waals surface area contributed by atoms with E-state index >= 15 is 0 Å². The van der Waals surface area contributed by atoms with Gasteiger partial charge < -0.3 is 4.90 Å². The third-order valence-electron chi connectivity index (χ3n) is 4.12. The van der Waals surface area contributed by atoms with Crippen molar-refractivity contribution in [2.24, 2.45) is 0 Å². The Balaban J connectivity index is 1.72. The van der Waals surface area contributed by atoms with E-state index in [1.807, 2.05) is 30.3 Å². The maximum absolute atomic E-state index is 13.2. The van der Waals surface area contributed by atoms with E-state index in [0.717, 1.165) is 37.2 Å². The van der Waals surface area contributed by atoms with Gasteiger partial charge in [0.05, 0.1) is 4.90 Å². The van der Waals surface area contributed by atoms with Crippen LogP contribution in [0, 0.1) is 11.6 Å². The van der Waals surface area contributed by atoms with Crippen LogP contribution in [0.15, 0.2) is 53.4 Å². The summed E-state index contributed by atoms with van der Waals surface area (Å²) >= 11 is 0. The molecule has 0 radical (unpaired) electrons. The molecule has 1 aliphatic heterocycles. The molecule has 2 aromatic rings. The molecule has 1 unspecified atom stereocenters. The SMILES string of the molecule is O=S(=O)(NCC1CCCN1c1ccccc1)c1cc(F)cc(F)c1. The highest BCUT2D eigenvalue weighted by Crippen LogP contribution is 2.25. The van der Waals surface area contributed by atoms with E-state index in [2.05, 4.69) is 9.62 Å². The third kappa shape index (κ3) is 3.73. The van der Waals surface area contributed by atoms with Crippen molar-refractivity contribution in [2.75, 3.05) is 18.0 Å². The predicted octanol–water partition coefficient (Wildman–Crippen LogP) is 2.91. The Kier molecular flexibility index (Phi) is 4.82. The fourth-order valence-corrected chi connectivity index (χ4v) is 4.09. The quantitative estimate of drug-likeness (QED) is 0.900. The highest BCUT2D eigenvalue weighted by molar-refractivity contribution is 7.89. The van der Waals surface area contributed by atoms with Crippen LogP contribution in [0.4, 0.5) is 14.5 Å². The topological polar surface area (TPSA) is 49.4 Å². The summed E-state index contributed by atoms with van der Waals surface area (Å²) in [6.07, 6.45) is 1.82. The van der Waals surface area contributed by atoms with Gasteiger partial charge in [0.15, 0.2) is 0 Å². The van der Waals surface area contributed by atoms with Crippen LogP contribution in [0.25, 0.3) is 0 Å². The Morgan fingerprint density at radius 3 is 2.42 bits per heavy atom. The Morgan fingerprint density at radius 2 is 1.75 bits per heavy atom. The van der Waals surface area contributed by atoms with Gasteiger partial charge in [0.1, 0.15) is 11.6 Å². The number of halogens is 2. The number of hydrogen-bond acceptors (Lipinski definition) is 3. The number of para-hydroxylation sites is 1.